The van der Waals surface area contributed by atoms with Gasteiger partial charge in [0.2, 0.25) is 5.91 Å². The molecule has 1 amide bonds. The molecular weight excluding hydrogens is 242 g/mol. The molecule has 0 radical (unpaired) electrons. The van der Waals surface area contributed by atoms with E-state index < -0.39 is 0 Å². The molecule has 1 aliphatic rings. The average molecular weight is 263 g/mol. The van der Waals surface area contributed by atoms with E-state index in [0.717, 1.165) is 37.2 Å². The number of methoxy groups -OCH3 is 1. The summed E-state index contributed by atoms with van der Waals surface area (Å²) in [5.41, 5.74) is 1.15. The zero-order valence-corrected chi connectivity index (χ0v) is 11.4. The van der Waals surface area contributed by atoms with Gasteiger partial charge in [0, 0.05) is 19.6 Å². The van der Waals surface area contributed by atoms with Gasteiger partial charge in [-0.1, -0.05) is 12.1 Å². The summed E-state index contributed by atoms with van der Waals surface area (Å²) < 4.78 is 10.6. The number of nitrogens with one attached hydrogen (secondary N) is 1. The molecule has 0 bridgehead atoms. The largest absolute Gasteiger partial charge is 0.497 e. The van der Waals surface area contributed by atoms with Gasteiger partial charge in [0.25, 0.3) is 0 Å². The molecule has 1 aliphatic heterocycles. The van der Waals surface area contributed by atoms with Crippen LogP contribution in [0.2, 0.25) is 0 Å². The Labute approximate surface area is 114 Å². The second-order valence-corrected chi connectivity index (χ2v) is 4.79. The molecule has 1 fully saturated rings. The summed E-state index contributed by atoms with van der Waals surface area (Å²) in [6, 6.07) is 7.82. The molecule has 0 aromatic heterocycles. The Hall–Kier alpha value is -1.55. The standard InChI is InChI=1S/C15H21NO3/c1-18-13-7-4-12(5-8-13)6-9-15(17)16-11-14-3-2-10-19-14/h4-5,7-8,14H,2-3,6,9-11H2,1H3,(H,16,17)/t14-/m1/s1. The van der Waals surface area contributed by atoms with Gasteiger partial charge < -0.3 is 14.8 Å². The molecule has 0 aliphatic carbocycles. The molecule has 1 N–H and O–H groups in total. The van der Waals surface area contributed by atoms with Crippen LogP contribution in [0, 0.1) is 0 Å². The maximum atomic E-state index is 11.7. The molecule has 1 atom stereocenters. The molecule has 1 aromatic carbocycles. The van der Waals surface area contributed by atoms with Crippen molar-refractivity contribution in [3.8, 4) is 5.75 Å². The third-order valence-corrected chi connectivity index (χ3v) is 3.35. The van der Waals surface area contributed by atoms with Crippen LogP contribution in [-0.2, 0) is 16.0 Å². The fraction of sp³-hybridized carbons (Fsp3) is 0.533. The predicted molar refractivity (Wildman–Crippen MR) is 73.3 cm³/mol. The lowest BCUT2D eigenvalue weighted by Crippen LogP contribution is -2.31. The van der Waals surface area contributed by atoms with Crippen LogP contribution in [0.25, 0.3) is 0 Å². The van der Waals surface area contributed by atoms with E-state index in [-0.39, 0.29) is 12.0 Å². The van der Waals surface area contributed by atoms with E-state index in [1.54, 1.807) is 7.11 Å². The molecule has 104 valence electrons. The Bertz CT molecular complexity index is 396. The van der Waals surface area contributed by atoms with Crippen molar-refractivity contribution in [1.29, 1.82) is 0 Å². The molecule has 1 heterocycles. The molecule has 4 nitrogen and oxygen atoms in total. The molecule has 2 rings (SSSR count). The minimum atomic E-state index is 0.0892. The van der Waals surface area contributed by atoms with Crippen LogP contribution < -0.4 is 10.1 Å². The van der Waals surface area contributed by atoms with Gasteiger partial charge in [0.1, 0.15) is 5.75 Å². The molecule has 19 heavy (non-hydrogen) atoms. The first kappa shape index (κ1) is 13.9. The minimum Gasteiger partial charge on any atom is -0.497 e. The normalized spacial score (nSPS) is 18.3. The van der Waals surface area contributed by atoms with Crippen LogP contribution in [0.4, 0.5) is 0 Å². The van der Waals surface area contributed by atoms with Crippen molar-refractivity contribution < 1.29 is 14.3 Å². The highest BCUT2D eigenvalue weighted by atomic mass is 16.5. The molecule has 1 aromatic rings. The Morgan fingerprint density at radius 3 is 2.84 bits per heavy atom. The molecular formula is C15H21NO3. The Morgan fingerprint density at radius 1 is 1.42 bits per heavy atom. The monoisotopic (exact) mass is 263 g/mol. The Kier molecular flexibility index (Phi) is 5.21. The molecule has 1 saturated heterocycles. The number of carbonyl (C=O) groups is 1. The fourth-order valence-electron chi connectivity index (χ4n) is 2.17. The van der Waals surface area contributed by atoms with Crippen LogP contribution in [0.1, 0.15) is 24.8 Å². The van der Waals surface area contributed by atoms with Crippen LogP contribution >= 0.6 is 0 Å². The highest BCUT2D eigenvalue weighted by Crippen LogP contribution is 2.13. The Morgan fingerprint density at radius 2 is 2.21 bits per heavy atom. The SMILES string of the molecule is COc1ccc(CCC(=O)NC[C@H]2CCCO2)cc1. The van der Waals surface area contributed by atoms with Crippen molar-refractivity contribution in [1.82, 2.24) is 5.32 Å². The molecule has 0 spiro atoms. The summed E-state index contributed by atoms with van der Waals surface area (Å²) in [4.78, 5) is 11.7. The van der Waals surface area contributed by atoms with Gasteiger partial charge in [-0.15, -0.1) is 0 Å². The fourth-order valence-corrected chi connectivity index (χ4v) is 2.17. The molecule has 4 heteroatoms. The summed E-state index contributed by atoms with van der Waals surface area (Å²) in [7, 11) is 1.65. The highest BCUT2D eigenvalue weighted by molar-refractivity contribution is 5.76. The summed E-state index contributed by atoms with van der Waals surface area (Å²) in [5, 5.41) is 2.93. The van der Waals surface area contributed by atoms with E-state index in [1.165, 1.54) is 0 Å². The second kappa shape index (κ2) is 7.14. The van der Waals surface area contributed by atoms with Crippen LogP contribution in [0.3, 0.4) is 0 Å². The van der Waals surface area contributed by atoms with Gasteiger partial charge in [-0.05, 0) is 37.0 Å². The van der Waals surface area contributed by atoms with Crippen LogP contribution in [0.5, 0.6) is 5.75 Å². The first-order chi connectivity index (χ1) is 9.28. The lowest BCUT2D eigenvalue weighted by atomic mass is 10.1. The third-order valence-electron chi connectivity index (χ3n) is 3.35. The number of hydrogen-bond acceptors (Lipinski definition) is 3. The quantitative estimate of drug-likeness (QED) is 0.853. The van der Waals surface area contributed by atoms with E-state index >= 15 is 0 Å². The zero-order chi connectivity index (χ0) is 13.5. The maximum Gasteiger partial charge on any atom is 0.220 e. The number of hydrogen-bond donors (Lipinski definition) is 1. The first-order valence-corrected chi connectivity index (χ1v) is 6.79. The van der Waals surface area contributed by atoms with Gasteiger partial charge in [0.05, 0.1) is 13.2 Å². The van der Waals surface area contributed by atoms with Crippen molar-refractivity contribution in [3.63, 3.8) is 0 Å². The summed E-state index contributed by atoms with van der Waals surface area (Å²) in [6.07, 6.45) is 3.64. The van der Waals surface area contributed by atoms with E-state index in [2.05, 4.69) is 5.32 Å². The second-order valence-electron chi connectivity index (χ2n) is 4.79. The van der Waals surface area contributed by atoms with E-state index in [4.69, 9.17) is 9.47 Å². The van der Waals surface area contributed by atoms with E-state index in [1.807, 2.05) is 24.3 Å². The van der Waals surface area contributed by atoms with Crippen LogP contribution in [-0.4, -0.2) is 32.3 Å². The number of carbonyl (C=O) groups excluding carboxylic acids is 1. The van der Waals surface area contributed by atoms with Crippen molar-refractivity contribution in [2.45, 2.75) is 31.8 Å². The zero-order valence-electron chi connectivity index (χ0n) is 11.4. The lowest BCUT2D eigenvalue weighted by molar-refractivity contribution is -0.121. The molecule has 0 saturated carbocycles. The summed E-state index contributed by atoms with van der Waals surface area (Å²) in [5.74, 6) is 0.929. The van der Waals surface area contributed by atoms with Gasteiger partial charge in [-0.2, -0.15) is 0 Å². The topological polar surface area (TPSA) is 47.6 Å². The lowest BCUT2D eigenvalue weighted by Gasteiger charge is -2.10. The predicted octanol–water partition coefficient (Wildman–Crippen LogP) is 1.92. The number of ether oxygens (including phenoxy) is 2. The van der Waals surface area contributed by atoms with E-state index in [0.29, 0.717) is 13.0 Å². The smallest absolute Gasteiger partial charge is 0.220 e. The third kappa shape index (κ3) is 4.56. The van der Waals surface area contributed by atoms with Crippen LogP contribution in [0.15, 0.2) is 24.3 Å². The number of amides is 1. The van der Waals surface area contributed by atoms with Gasteiger partial charge in [0.15, 0.2) is 0 Å². The Balaban J connectivity index is 1.67. The van der Waals surface area contributed by atoms with Gasteiger partial charge in [-0.25, -0.2) is 0 Å². The van der Waals surface area contributed by atoms with Crippen molar-refractivity contribution in [2.24, 2.45) is 0 Å². The van der Waals surface area contributed by atoms with Crippen molar-refractivity contribution in [2.75, 3.05) is 20.3 Å². The summed E-state index contributed by atoms with van der Waals surface area (Å²) in [6.45, 7) is 1.47. The highest BCUT2D eigenvalue weighted by Gasteiger charge is 2.15. The number of aryl methyl sites for hydroxylation is 1. The number of benzene rings is 1. The van der Waals surface area contributed by atoms with E-state index in [9.17, 15) is 4.79 Å². The maximum absolute atomic E-state index is 11.7. The summed E-state index contributed by atoms with van der Waals surface area (Å²) >= 11 is 0. The van der Waals surface area contributed by atoms with Gasteiger partial charge >= 0.3 is 0 Å². The molecule has 0 unspecified atom stereocenters. The number of rotatable bonds is 6. The average Bonchev–Trinajstić information content (AvgIpc) is 2.96. The van der Waals surface area contributed by atoms with Crippen molar-refractivity contribution in [3.05, 3.63) is 29.8 Å². The first-order valence-electron chi connectivity index (χ1n) is 6.79. The van der Waals surface area contributed by atoms with Gasteiger partial charge in [-0.3, -0.25) is 4.79 Å². The van der Waals surface area contributed by atoms with Crippen molar-refractivity contribution >= 4 is 5.91 Å². The minimum absolute atomic E-state index is 0.0892.